The summed E-state index contributed by atoms with van der Waals surface area (Å²) in [5, 5.41) is 17.9. The van der Waals surface area contributed by atoms with Gasteiger partial charge in [0.1, 0.15) is 6.10 Å². The van der Waals surface area contributed by atoms with Crippen molar-refractivity contribution in [1.29, 1.82) is 0 Å². The van der Waals surface area contributed by atoms with Gasteiger partial charge in [0.25, 0.3) is 0 Å². The highest BCUT2D eigenvalue weighted by atomic mass is 16.5. The zero-order valence-electron chi connectivity index (χ0n) is 7.50. The molecule has 0 aromatic rings. The maximum absolute atomic E-state index is 9.24. The van der Waals surface area contributed by atoms with Gasteiger partial charge >= 0.3 is 0 Å². The summed E-state index contributed by atoms with van der Waals surface area (Å²) in [6.07, 6.45) is 0.121. The molecule has 0 aromatic carbocycles. The molecule has 0 rings (SSSR count). The lowest BCUT2D eigenvalue weighted by Gasteiger charge is -2.29. The van der Waals surface area contributed by atoms with Gasteiger partial charge in [-0.15, -0.1) is 0 Å². The first kappa shape index (κ1) is 10.9. The summed E-state index contributed by atoms with van der Waals surface area (Å²) in [5.41, 5.74) is -0.634. The van der Waals surface area contributed by atoms with Gasteiger partial charge in [0, 0.05) is 6.61 Å². The van der Waals surface area contributed by atoms with Crippen LogP contribution in [0.15, 0.2) is 0 Å². The highest BCUT2D eigenvalue weighted by Crippen LogP contribution is 2.14. The molecule has 0 saturated heterocycles. The fourth-order valence-corrected chi connectivity index (χ4v) is 0.681. The molecule has 0 spiro atoms. The molecule has 0 radical (unpaired) electrons. The predicted octanol–water partition coefficient (Wildman–Crippen LogP) is 0.545. The molecule has 3 nitrogen and oxygen atoms in total. The quantitative estimate of drug-likeness (QED) is 0.620. The minimum atomic E-state index is -0.797. The standard InChI is InChI=1S/C8H18O3/c1-4-5-11-8(2,3)7(10)6-9/h7,9-10H,4-6H2,1-3H3/t7-/m1/s1. The number of aliphatic hydroxyl groups is 2. The van der Waals surface area contributed by atoms with E-state index < -0.39 is 11.7 Å². The monoisotopic (exact) mass is 162 g/mol. The molecule has 0 fully saturated rings. The zero-order valence-corrected chi connectivity index (χ0v) is 7.50. The molecule has 0 aliphatic heterocycles. The Morgan fingerprint density at radius 1 is 1.45 bits per heavy atom. The van der Waals surface area contributed by atoms with Gasteiger partial charge in [0.15, 0.2) is 0 Å². The van der Waals surface area contributed by atoms with E-state index in [1.54, 1.807) is 13.8 Å². The van der Waals surface area contributed by atoms with Crippen LogP contribution in [0.2, 0.25) is 0 Å². The first-order valence-corrected chi connectivity index (χ1v) is 3.97. The number of aliphatic hydroxyl groups excluding tert-OH is 2. The summed E-state index contributed by atoms with van der Waals surface area (Å²) in [4.78, 5) is 0. The summed E-state index contributed by atoms with van der Waals surface area (Å²) < 4.78 is 5.32. The molecule has 0 bridgehead atoms. The van der Waals surface area contributed by atoms with E-state index in [1.165, 1.54) is 0 Å². The molecule has 11 heavy (non-hydrogen) atoms. The average molecular weight is 162 g/mol. The van der Waals surface area contributed by atoms with Crippen LogP contribution in [0, 0.1) is 0 Å². The van der Waals surface area contributed by atoms with Crippen LogP contribution in [0.1, 0.15) is 27.2 Å². The first-order valence-electron chi connectivity index (χ1n) is 3.97. The zero-order chi connectivity index (χ0) is 8.91. The molecular weight excluding hydrogens is 144 g/mol. The minimum Gasteiger partial charge on any atom is -0.394 e. The Morgan fingerprint density at radius 3 is 2.36 bits per heavy atom. The maximum Gasteiger partial charge on any atom is 0.105 e. The number of hydrogen-bond donors (Lipinski definition) is 2. The van der Waals surface area contributed by atoms with Crippen molar-refractivity contribution in [3.05, 3.63) is 0 Å². The van der Waals surface area contributed by atoms with Crippen LogP contribution in [-0.2, 0) is 4.74 Å². The summed E-state index contributed by atoms with van der Waals surface area (Å²) >= 11 is 0. The SMILES string of the molecule is CCCOC(C)(C)[C@H](O)CO. The van der Waals surface area contributed by atoms with Crippen LogP contribution in [0.4, 0.5) is 0 Å². The Morgan fingerprint density at radius 2 is 2.00 bits per heavy atom. The van der Waals surface area contributed by atoms with Crippen molar-refractivity contribution in [2.75, 3.05) is 13.2 Å². The van der Waals surface area contributed by atoms with Crippen molar-refractivity contribution >= 4 is 0 Å². The largest absolute Gasteiger partial charge is 0.394 e. The smallest absolute Gasteiger partial charge is 0.105 e. The van der Waals surface area contributed by atoms with Crippen LogP contribution >= 0.6 is 0 Å². The molecule has 3 heteroatoms. The Balaban J connectivity index is 3.77. The van der Waals surface area contributed by atoms with Crippen LogP contribution in [0.25, 0.3) is 0 Å². The lowest BCUT2D eigenvalue weighted by Crippen LogP contribution is -2.41. The van der Waals surface area contributed by atoms with E-state index in [1.807, 2.05) is 6.92 Å². The molecule has 0 unspecified atom stereocenters. The van der Waals surface area contributed by atoms with Gasteiger partial charge in [-0.2, -0.15) is 0 Å². The molecule has 0 saturated carbocycles. The van der Waals surface area contributed by atoms with Gasteiger partial charge < -0.3 is 14.9 Å². The molecule has 0 aliphatic carbocycles. The molecule has 0 aromatic heterocycles. The predicted molar refractivity (Wildman–Crippen MR) is 43.4 cm³/mol. The second-order valence-electron chi connectivity index (χ2n) is 3.15. The molecule has 0 heterocycles. The van der Waals surface area contributed by atoms with E-state index >= 15 is 0 Å². The third-order valence-corrected chi connectivity index (χ3v) is 1.65. The van der Waals surface area contributed by atoms with Crippen molar-refractivity contribution < 1.29 is 14.9 Å². The lowest BCUT2D eigenvalue weighted by atomic mass is 10.0. The summed E-state index contributed by atoms with van der Waals surface area (Å²) in [5.74, 6) is 0. The molecule has 0 aliphatic rings. The first-order chi connectivity index (χ1) is 5.04. The van der Waals surface area contributed by atoms with E-state index in [9.17, 15) is 5.11 Å². The van der Waals surface area contributed by atoms with E-state index in [0.717, 1.165) is 6.42 Å². The van der Waals surface area contributed by atoms with Gasteiger partial charge in [-0.1, -0.05) is 6.92 Å². The molecule has 1 atom stereocenters. The third-order valence-electron chi connectivity index (χ3n) is 1.65. The van der Waals surface area contributed by atoms with Crippen molar-refractivity contribution in [1.82, 2.24) is 0 Å². The van der Waals surface area contributed by atoms with Gasteiger partial charge in [-0.05, 0) is 20.3 Å². The highest BCUT2D eigenvalue weighted by molar-refractivity contribution is 4.77. The van der Waals surface area contributed by atoms with E-state index in [-0.39, 0.29) is 6.61 Å². The van der Waals surface area contributed by atoms with Gasteiger partial charge in [0.05, 0.1) is 12.2 Å². The molecule has 0 amide bonds. The lowest BCUT2D eigenvalue weighted by molar-refractivity contribution is -0.115. The van der Waals surface area contributed by atoms with Crippen molar-refractivity contribution in [3.63, 3.8) is 0 Å². The normalized spacial score (nSPS) is 15.0. The molecule has 2 N–H and O–H groups in total. The second kappa shape index (κ2) is 4.70. The van der Waals surface area contributed by atoms with E-state index in [0.29, 0.717) is 6.61 Å². The van der Waals surface area contributed by atoms with Crippen molar-refractivity contribution in [3.8, 4) is 0 Å². The van der Waals surface area contributed by atoms with Crippen LogP contribution in [0.5, 0.6) is 0 Å². The number of rotatable bonds is 5. The topological polar surface area (TPSA) is 49.7 Å². The summed E-state index contributed by atoms with van der Waals surface area (Å²) in [6, 6.07) is 0. The number of hydrogen-bond acceptors (Lipinski definition) is 3. The van der Waals surface area contributed by atoms with Crippen molar-refractivity contribution in [2.45, 2.75) is 38.9 Å². The van der Waals surface area contributed by atoms with E-state index in [4.69, 9.17) is 9.84 Å². The van der Waals surface area contributed by atoms with Gasteiger partial charge in [-0.3, -0.25) is 0 Å². The summed E-state index contributed by atoms with van der Waals surface area (Å²) in [7, 11) is 0. The Bertz CT molecular complexity index is 102. The molecular formula is C8H18O3. The average Bonchev–Trinajstić information content (AvgIpc) is 1.99. The Hall–Kier alpha value is -0.120. The Kier molecular flexibility index (Phi) is 4.65. The van der Waals surface area contributed by atoms with Gasteiger partial charge in [-0.25, -0.2) is 0 Å². The second-order valence-corrected chi connectivity index (χ2v) is 3.15. The summed E-state index contributed by atoms with van der Waals surface area (Å²) in [6.45, 7) is 5.90. The van der Waals surface area contributed by atoms with Crippen LogP contribution in [0.3, 0.4) is 0 Å². The van der Waals surface area contributed by atoms with Crippen LogP contribution in [-0.4, -0.2) is 35.1 Å². The fraction of sp³-hybridized carbons (Fsp3) is 1.00. The van der Waals surface area contributed by atoms with Gasteiger partial charge in [0.2, 0.25) is 0 Å². The minimum absolute atomic E-state index is 0.253. The third kappa shape index (κ3) is 3.70. The fourth-order valence-electron chi connectivity index (χ4n) is 0.681. The highest BCUT2D eigenvalue weighted by Gasteiger charge is 2.27. The molecule has 68 valence electrons. The van der Waals surface area contributed by atoms with Crippen molar-refractivity contribution in [2.24, 2.45) is 0 Å². The van der Waals surface area contributed by atoms with Crippen LogP contribution < -0.4 is 0 Å². The van der Waals surface area contributed by atoms with E-state index in [2.05, 4.69) is 0 Å². The Labute approximate surface area is 68.0 Å². The maximum atomic E-state index is 9.24. The number of ether oxygens (including phenoxy) is 1.